The molecule has 6 heteroatoms. The number of ether oxygens (including phenoxy) is 1. The first kappa shape index (κ1) is 21.4. The summed E-state index contributed by atoms with van der Waals surface area (Å²) in [7, 11) is 0. The van der Waals surface area contributed by atoms with Crippen molar-refractivity contribution in [3.8, 4) is 0 Å². The van der Waals surface area contributed by atoms with Crippen LogP contribution < -0.4 is 4.90 Å². The van der Waals surface area contributed by atoms with Gasteiger partial charge in [0.2, 0.25) is 0 Å². The van der Waals surface area contributed by atoms with Gasteiger partial charge in [-0.2, -0.15) is 0 Å². The summed E-state index contributed by atoms with van der Waals surface area (Å²) < 4.78 is 5.57. The van der Waals surface area contributed by atoms with Crippen LogP contribution >= 0.6 is 0 Å². The standard InChI is InChI=1S/C25H31N3O3/c29-17-5-11-26-13-15-27(16-14-26)24-10-9-22-8-4-12-28(19-23(22)18-24)25(30)31-20-21-6-2-1-3-7-21/h1-3,6-7,9-10,17-18H,4-5,8,11-16,19-20H2. The Balaban J connectivity index is 1.37. The molecule has 0 N–H and O–H groups in total. The number of aryl methyl sites for hydroxylation is 1. The second-order valence-corrected chi connectivity index (χ2v) is 8.30. The largest absolute Gasteiger partial charge is 0.445 e. The molecule has 31 heavy (non-hydrogen) atoms. The minimum Gasteiger partial charge on any atom is -0.445 e. The molecule has 6 nitrogen and oxygen atoms in total. The smallest absolute Gasteiger partial charge is 0.410 e. The average Bonchev–Trinajstić information content (AvgIpc) is 3.04. The number of hydrogen-bond donors (Lipinski definition) is 0. The van der Waals surface area contributed by atoms with Crippen LogP contribution in [0.5, 0.6) is 0 Å². The Bertz CT molecular complexity index is 879. The minimum atomic E-state index is -0.245. The summed E-state index contributed by atoms with van der Waals surface area (Å²) >= 11 is 0. The summed E-state index contributed by atoms with van der Waals surface area (Å²) in [5.41, 5.74) is 4.76. The predicted octanol–water partition coefficient (Wildman–Crippen LogP) is 3.48. The van der Waals surface area contributed by atoms with Crippen molar-refractivity contribution in [1.29, 1.82) is 0 Å². The van der Waals surface area contributed by atoms with Crippen LogP contribution in [-0.4, -0.2) is 61.4 Å². The van der Waals surface area contributed by atoms with Gasteiger partial charge in [0, 0.05) is 57.9 Å². The Morgan fingerprint density at radius 3 is 2.55 bits per heavy atom. The Hall–Kier alpha value is -2.86. The minimum absolute atomic E-state index is 0.245. The van der Waals surface area contributed by atoms with Crippen LogP contribution in [0.3, 0.4) is 0 Å². The van der Waals surface area contributed by atoms with Gasteiger partial charge in [-0.05, 0) is 41.7 Å². The third-order valence-corrected chi connectivity index (χ3v) is 6.19. The van der Waals surface area contributed by atoms with Gasteiger partial charge < -0.3 is 19.3 Å². The number of amides is 1. The number of piperazine rings is 1. The molecule has 2 aliphatic heterocycles. The van der Waals surface area contributed by atoms with Crippen LogP contribution in [0.2, 0.25) is 0 Å². The first-order valence-electron chi connectivity index (χ1n) is 11.2. The molecule has 0 aromatic heterocycles. The second-order valence-electron chi connectivity index (χ2n) is 8.30. The van der Waals surface area contributed by atoms with E-state index in [0.717, 1.165) is 57.4 Å². The zero-order valence-corrected chi connectivity index (χ0v) is 18.0. The molecule has 1 fully saturated rings. The van der Waals surface area contributed by atoms with Crippen LogP contribution in [0, 0.1) is 0 Å². The van der Waals surface area contributed by atoms with Crippen LogP contribution in [0.25, 0.3) is 0 Å². The van der Waals surface area contributed by atoms with Crippen LogP contribution in [-0.2, 0) is 29.1 Å². The molecular formula is C25H31N3O3. The normalized spacial score (nSPS) is 17.0. The Kier molecular flexibility index (Phi) is 7.20. The number of hydrogen-bond acceptors (Lipinski definition) is 5. The zero-order valence-electron chi connectivity index (χ0n) is 18.0. The first-order valence-corrected chi connectivity index (χ1v) is 11.2. The summed E-state index contributed by atoms with van der Waals surface area (Å²) in [5.74, 6) is 0. The maximum absolute atomic E-state index is 12.7. The zero-order chi connectivity index (χ0) is 21.5. The van der Waals surface area contributed by atoms with Gasteiger partial charge in [-0.25, -0.2) is 4.79 Å². The number of carbonyl (C=O) groups excluding carboxylic acids is 2. The van der Waals surface area contributed by atoms with E-state index in [2.05, 4.69) is 28.0 Å². The quantitative estimate of drug-likeness (QED) is 0.669. The van der Waals surface area contributed by atoms with E-state index in [1.165, 1.54) is 16.8 Å². The molecule has 0 bridgehead atoms. The molecule has 2 aliphatic rings. The van der Waals surface area contributed by atoms with Crippen LogP contribution in [0.4, 0.5) is 10.5 Å². The van der Waals surface area contributed by atoms with Crippen molar-refractivity contribution in [2.45, 2.75) is 32.4 Å². The molecule has 2 heterocycles. The van der Waals surface area contributed by atoms with E-state index in [1.54, 1.807) is 0 Å². The average molecular weight is 422 g/mol. The SMILES string of the molecule is O=CCCN1CCN(c2ccc3c(c2)CN(C(=O)OCc2ccccc2)CCC3)CC1. The number of carbonyl (C=O) groups is 2. The van der Waals surface area contributed by atoms with Gasteiger partial charge in [-0.1, -0.05) is 36.4 Å². The lowest BCUT2D eigenvalue weighted by atomic mass is 10.0. The highest BCUT2D eigenvalue weighted by Gasteiger charge is 2.22. The molecule has 0 aliphatic carbocycles. The molecule has 0 spiro atoms. The summed E-state index contributed by atoms with van der Waals surface area (Å²) in [6.45, 7) is 6.33. The van der Waals surface area contributed by atoms with Gasteiger partial charge in [0.05, 0.1) is 0 Å². The van der Waals surface area contributed by atoms with Crippen molar-refractivity contribution in [1.82, 2.24) is 9.80 Å². The Morgan fingerprint density at radius 2 is 1.77 bits per heavy atom. The van der Waals surface area contributed by atoms with Crippen LogP contribution in [0.15, 0.2) is 48.5 Å². The van der Waals surface area contributed by atoms with Gasteiger partial charge >= 0.3 is 6.09 Å². The van der Waals surface area contributed by atoms with Crippen molar-refractivity contribution in [3.05, 3.63) is 65.2 Å². The maximum Gasteiger partial charge on any atom is 0.410 e. The van der Waals surface area contributed by atoms with Gasteiger partial charge in [0.15, 0.2) is 0 Å². The maximum atomic E-state index is 12.7. The van der Waals surface area contributed by atoms with Gasteiger partial charge in [-0.3, -0.25) is 4.90 Å². The molecule has 0 atom stereocenters. The van der Waals surface area contributed by atoms with E-state index in [1.807, 2.05) is 35.2 Å². The predicted molar refractivity (Wildman–Crippen MR) is 121 cm³/mol. The molecule has 0 unspecified atom stereocenters. The third-order valence-electron chi connectivity index (χ3n) is 6.19. The summed E-state index contributed by atoms with van der Waals surface area (Å²) in [6, 6.07) is 16.5. The lowest BCUT2D eigenvalue weighted by Crippen LogP contribution is -2.46. The molecule has 0 radical (unpaired) electrons. The van der Waals surface area contributed by atoms with Gasteiger partial charge in [0.1, 0.15) is 12.9 Å². The van der Waals surface area contributed by atoms with Crippen molar-refractivity contribution in [3.63, 3.8) is 0 Å². The van der Waals surface area contributed by atoms with Gasteiger partial charge in [-0.15, -0.1) is 0 Å². The highest BCUT2D eigenvalue weighted by atomic mass is 16.6. The van der Waals surface area contributed by atoms with Crippen molar-refractivity contribution >= 4 is 18.1 Å². The molecule has 1 amide bonds. The highest BCUT2D eigenvalue weighted by Crippen LogP contribution is 2.26. The fourth-order valence-electron chi connectivity index (χ4n) is 4.38. The molecule has 2 aromatic rings. The van der Waals surface area contributed by atoms with E-state index >= 15 is 0 Å². The summed E-state index contributed by atoms with van der Waals surface area (Å²) in [5, 5.41) is 0. The Morgan fingerprint density at radius 1 is 0.968 bits per heavy atom. The molecule has 164 valence electrons. The summed E-state index contributed by atoms with van der Waals surface area (Å²) in [6.07, 6.45) is 3.29. The van der Waals surface area contributed by atoms with E-state index in [-0.39, 0.29) is 6.09 Å². The monoisotopic (exact) mass is 421 g/mol. The highest BCUT2D eigenvalue weighted by molar-refractivity contribution is 5.68. The summed E-state index contributed by atoms with van der Waals surface area (Å²) in [4.78, 5) is 29.9. The second kappa shape index (κ2) is 10.4. The number of aldehydes is 1. The van der Waals surface area contributed by atoms with Crippen molar-refractivity contribution in [2.24, 2.45) is 0 Å². The lowest BCUT2D eigenvalue weighted by Gasteiger charge is -2.36. The van der Waals surface area contributed by atoms with Crippen molar-refractivity contribution in [2.75, 3.05) is 44.2 Å². The van der Waals surface area contributed by atoms with E-state index in [9.17, 15) is 9.59 Å². The van der Waals surface area contributed by atoms with E-state index in [4.69, 9.17) is 4.74 Å². The molecule has 0 saturated carbocycles. The van der Waals surface area contributed by atoms with Crippen molar-refractivity contribution < 1.29 is 14.3 Å². The molecular weight excluding hydrogens is 390 g/mol. The molecule has 2 aromatic carbocycles. The van der Waals surface area contributed by atoms with Gasteiger partial charge in [0.25, 0.3) is 0 Å². The third kappa shape index (κ3) is 5.64. The Labute approximate surface area is 184 Å². The fourth-order valence-corrected chi connectivity index (χ4v) is 4.38. The topological polar surface area (TPSA) is 53.1 Å². The number of anilines is 1. The molecule has 4 rings (SSSR count). The number of rotatable bonds is 6. The number of benzene rings is 2. The lowest BCUT2D eigenvalue weighted by molar-refractivity contribution is -0.108. The van der Waals surface area contributed by atoms with E-state index in [0.29, 0.717) is 26.1 Å². The van der Waals surface area contributed by atoms with Crippen LogP contribution in [0.1, 0.15) is 29.5 Å². The van der Waals surface area contributed by atoms with E-state index < -0.39 is 0 Å². The fraction of sp³-hybridized carbons (Fsp3) is 0.440. The molecule has 1 saturated heterocycles. The number of nitrogens with zero attached hydrogens (tertiary/aromatic N) is 3. The number of fused-ring (bicyclic) bond motifs is 1. The first-order chi connectivity index (χ1) is 15.2.